The van der Waals surface area contributed by atoms with E-state index < -0.39 is 5.97 Å². The van der Waals surface area contributed by atoms with Crippen LogP contribution in [-0.4, -0.2) is 46.5 Å². The second kappa shape index (κ2) is 11.9. The van der Waals surface area contributed by atoms with E-state index in [2.05, 4.69) is 16.2 Å². The lowest BCUT2D eigenvalue weighted by Gasteiger charge is -2.22. The molecule has 0 saturated heterocycles. The Hall–Kier alpha value is -2.57. The lowest BCUT2D eigenvalue weighted by Crippen LogP contribution is -2.37. The van der Waals surface area contributed by atoms with Crippen molar-refractivity contribution in [2.45, 2.75) is 51.6 Å². The average Bonchev–Trinajstić information content (AvgIpc) is 3.11. The maximum atomic E-state index is 12.4. The van der Waals surface area contributed by atoms with Crippen molar-refractivity contribution in [1.82, 2.24) is 9.88 Å². The third-order valence-corrected chi connectivity index (χ3v) is 7.05. The topological polar surface area (TPSA) is 89.8 Å². The Morgan fingerprint density at radius 2 is 2.06 bits per heavy atom. The Kier molecular flexibility index (Phi) is 8.94. The van der Waals surface area contributed by atoms with Crippen LogP contribution < -0.4 is 10.1 Å². The normalized spacial score (nSPS) is 14.8. The fraction of sp³-hybridized carbons (Fsp3) is 0.478. The number of benzene rings is 1. The number of carbonyl (C=O) groups is 3. The molecule has 1 heterocycles. The van der Waals surface area contributed by atoms with Gasteiger partial charge >= 0.3 is 5.97 Å². The van der Waals surface area contributed by atoms with Crippen LogP contribution in [0.2, 0.25) is 0 Å². The average molecular weight is 474 g/mol. The van der Waals surface area contributed by atoms with E-state index in [0.29, 0.717) is 17.0 Å². The van der Waals surface area contributed by atoms with Crippen LogP contribution in [-0.2, 0) is 20.9 Å². The van der Waals surface area contributed by atoms with Gasteiger partial charge in [0.05, 0.1) is 40.4 Å². The first kappa shape index (κ1) is 24.1. The number of ether oxygens (including phenoxy) is 1. The molecular weight excluding hydrogens is 446 g/mol. The lowest BCUT2D eigenvalue weighted by atomic mass is 9.95. The number of rotatable bonds is 8. The SMILES string of the molecule is C#CCn1c(=NC(=O)CSCC(=O)NC2CCCCC2)sc2cc(C(=O)OCC)ccc21. The number of thiazole rings is 1. The number of hydrogen-bond donors (Lipinski definition) is 1. The number of fused-ring (bicyclic) bond motifs is 1. The molecule has 1 aromatic heterocycles. The molecule has 1 aliphatic carbocycles. The minimum atomic E-state index is -0.399. The summed E-state index contributed by atoms with van der Waals surface area (Å²) in [4.78, 5) is 41.2. The van der Waals surface area contributed by atoms with Crippen LogP contribution in [0, 0.1) is 12.3 Å². The summed E-state index contributed by atoms with van der Waals surface area (Å²) in [7, 11) is 0. The van der Waals surface area contributed by atoms with Gasteiger partial charge in [0, 0.05) is 6.04 Å². The van der Waals surface area contributed by atoms with Gasteiger partial charge in [-0.05, 0) is 38.0 Å². The Morgan fingerprint density at radius 1 is 1.28 bits per heavy atom. The second-order valence-electron chi connectivity index (χ2n) is 7.48. The molecule has 0 unspecified atom stereocenters. The molecule has 2 amide bonds. The van der Waals surface area contributed by atoms with Gasteiger partial charge in [0.2, 0.25) is 5.91 Å². The fourth-order valence-corrected chi connectivity index (χ4v) is 5.33. The summed E-state index contributed by atoms with van der Waals surface area (Å²) in [5, 5.41) is 3.05. The van der Waals surface area contributed by atoms with Crippen LogP contribution in [0.1, 0.15) is 49.4 Å². The number of nitrogens with one attached hydrogen (secondary N) is 1. The molecule has 9 heteroatoms. The zero-order valence-electron chi connectivity index (χ0n) is 18.1. The molecular formula is C23H27N3O4S2. The van der Waals surface area contributed by atoms with Crippen molar-refractivity contribution in [1.29, 1.82) is 0 Å². The van der Waals surface area contributed by atoms with Gasteiger partial charge in [0.1, 0.15) is 0 Å². The van der Waals surface area contributed by atoms with Gasteiger partial charge in [0.15, 0.2) is 4.80 Å². The molecule has 0 radical (unpaired) electrons. The smallest absolute Gasteiger partial charge is 0.338 e. The molecule has 170 valence electrons. The maximum absolute atomic E-state index is 12.4. The lowest BCUT2D eigenvalue weighted by molar-refractivity contribution is -0.119. The molecule has 2 aromatic rings. The summed E-state index contributed by atoms with van der Waals surface area (Å²) in [5.41, 5.74) is 1.23. The summed E-state index contributed by atoms with van der Waals surface area (Å²) in [5.74, 6) is 2.15. The van der Waals surface area contributed by atoms with Crippen LogP contribution in [0.4, 0.5) is 0 Å². The maximum Gasteiger partial charge on any atom is 0.338 e. The standard InChI is InChI=1S/C23H27N3O4S2/c1-3-12-26-18-11-10-16(22(29)30-4-2)13-19(18)32-23(26)25-21(28)15-31-14-20(27)24-17-8-6-5-7-9-17/h1,10-11,13,17H,4-9,12,14-15H2,2H3,(H,24,27). The van der Waals surface area contributed by atoms with Crippen molar-refractivity contribution in [2.75, 3.05) is 18.1 Å². The largest absolute Gasteiger partial charge is 0.462 e. The quantitative estimate of drug-likeness (QED) is 0.470. The van der Waals surface area contributed by atoms with Crippen molar-refractivity contribution in [3.8, 4) is 12.3 Å². The summed E-state index contributed by atoms with van der Waals surface area (Å²) in [6.45, 7) is 2.30. The van der Waals surface area contributed by atoms with Crippen molar-refractivity contribution in [3.63, 3.8) is 0 Å². The molecule has 3 rings (SSSR count). The second-order valence-corrected chi connectivity index (χ2v) is 9.47. The van der Waals surface area contributed by atoms with E-state index in [1.807, 2.05) is 0 Å². The molecule has 0 aliphatic heterocycles. The van der Waals surface area contributed by atoms with Gasteiger partial charge in [-0.2, -0.15) is 4.99 Å². The van der Waals surface area contributed by atoms with Crippen molar-refractivity contribution in [2.24, 2.45) is 4.99 Å². The highest BCUT2D eigenvalue weighted by Gasteiger charge is 2.16. The van der Waals surface area contributed by atoms with Crippen LogP contribution in [0.3, 0.4) is 0 Å². The Balaban J connectivity index is 1.66. The summed E-state index contributed by atoms with van der Waals surface area (Å²) in [6.07, 6.45) is 11.1. The molecule has 0 atom stereocenters. The van der Waals surface area contributed by atoms with Crippen LogP contribution in [0.25, 0.3) is 10.2 Å². The Labute approximate surface area is 195 Å². The molecule has 1 fully saturated rings. The number of thioether (sulfide) groups is 1. The molecule has 1 aromatic carbocycles. The molecule has 32 heavy (non-hydrogen) atoms. The number of hydrogen-bond acceptors (Lipinski definition) is 6. The molecule has 1 N–H and O–H groups in total. The van der Waals surface area contributed by atoms with Gasteiger partial charge in [-0.25, -0.2) is 4.79 Å². The zero-order chi connectivity index (χ0) is 22.9. The number of esters is 1. The third kappa shape index (κ3) is 6.47. The predicted molar refractivity (Wildman–Crippen MR) is 128 cm³/mol. The van der Waals surface area contributed by atoms with E-state index in [0.717, 1.165) is 35.9 Å². The third-order valence-electron chi connectivity index (χ3n) is 5.09. The minimum Gasteiger partial charge on any atom is -0.462 e. The molecule has 1 saturated carbocycles. The van der Waals surface area contributed by atoms with E-state index >= 15 is 0 Å². The first-order valence-corrected chi connectivity index (χ1v) is 12.7. The monoisotopic (exact) mass is 473 g/mol. The van der Waals surface area contributed by atoms with E-state index in [4.69, 9.17) is 11.2 Å². The number of nitrogens with zero attached hydrogens (tertiary/aromatic N) is 2. The molecule has 0 spiro atoms. The van der Waals surface area contributed by atoms with Crippen molar-refractivity contribution < 1.29 is 19.1 Å². The zero-order valence-corrected chi connectivity index (χ0v) is 19.7. The summed E-state index contributed by atoms with van der Waals surface area (Å²) < 4.78 is 7.61. The summed E-state index contributed by atoms with van der Waals surface area (Å²) >= 11 is 2.54. The number of amides is 2. The molecule has 0 bridgehead atoms. The van der Waals surface area contributed by atoms with Crippen LogP contribution >= 0.6 is 23.1 Å². The number of carbonyl (C=O) groups excluding carboxylic acids is 3. The van der Waals surface area contributed by atoms with Gasteiger partial charge in [0.25, 0.3) is 5.91 Å². The Morgan fingerprint density at radius 3 is 2.78 bits per heavy atom. The molecule has 7 nitrogen and oxygen atoms in total. The van der Waals surface area contributed by atoms with E-state index in [1.165, 1.54) is 29.5 Å². The number of terminal acetylenes is 1. The minimum absolute atomic E-state index is 0.0366. The van der Waals surface area contributed by atoms with Gasteiger partial charge in [-0.1, -0.05) is 36.5 Å². The van der Waals surface area contributed by atoms with Crippen molar-refractivity contribution in [3.05, 3.63) is 28.6 Å². The van der Waals surface area contributed by atoms with E-state index in [9.17, 15) is 14.4 Å². The highest BCUT2D eigenvalue weighted by atomic mass is 32.2. The first-order chi connectivity index (χ1) is 15.5. The first-order valence-electron chi connectivity index (χ1n) is 10.7. The highest BCUT2D eigenvalue weighted by molar-refractivity contribution is 8.00. The highest BCUT2D eigenvalue weighted by Crippen LogP contribution is 2.20. The van der Waals surface area contributed by atoms with Crippen molar-refractivity contribution >= 4 is 51.1 Å². The molecule has 1 aliphatic rings. The Bertz CT molecular complexity index is 1090. The van der Waals surface area contributed by atoms with Gasteiger partial charge in [-0.3, -0.25) is 9.59 Å². The van der Waals surface area contributed by atoms with Gasteiger partial charge < -0.3 is 14.6 Å². The van der Waals surface area contributed by atoms with E-state index in [-0.39, 0.29) is 35.9 Å². The van der Waals surface area contributed by atoms with E-state index in [1.54, 1.807) is 29.7 Å². The van der Waals surface area contributed by atoms with Crippen LogP contribution in [0.15, 0.2) is 23.2 Å². The number of aromatic nitrogens is 1. The van der Waals surface area contributed by atoms with Gasteiger partial charge in [-0.15, -0.1) is 18.2 Å². The summed E-state index contributed by atoms with van der Waals surface area (Å²) in [6, 6.07) is 5.44. The predicted octanol–water partition coefficient (Wildman–Crippen LogP) is 3.12. The fourth-order valence-electron chi connectivity index (χ4n) is 3.63. The van der Waals surface area contributed by atoms with Crippen LogP contribution in [0.5, 0.6) is 0 Å².